The Morgan fingerprint density at radius 3 is 2.68 bits per heavy atom. The number of nitrogens with one attached hydrogen (secondary N) is 1. The molecule has 0 unspecified atom stereocenters. The molecule has 3 heterocycles. The van der Waals surface area contributed by atoms with Crippen molar-refractivity contribution in [3.63, 3.8) is 0 Å². The summed E-state index contributed by atoms with van der Waals surface area (Å²) in [5.41, 5.74) is 1.74. The second-order valence-electron chi connectivity index (χ2n) is 9.10. The Hall–Kier alpha value is -3.70. The summed E-state index contributed by atoms with van der Waals surface area (Å²) in [5.74, 6) is 0.518. The zero-order valence-corrected chi connectivity index (χ0v) is 21.0. The van der Waals surface area contributed by atoms with Crippen LogP contribution < -0.4 is 15.0 Å². The van der Waals surface area contributed by atoms with E-state index >= 15 is 0 Å². The largest absolute Gasteiger partial charge is 0.475 e. The number of halogens is 2. The lowest BCUT2D eigenvalue weighted by Crippen LogP contribution is -2.36. The molecule has 2 aromatic heterocycles. The zero-order valence-electron chi connectivity index (χ0n) is 21.0. The normalized spacial score (nSPS) is 13.9. The fraction of sp³-hybridized carbons (Fsp3) is 0.385. The Morgan fingerprint density at radius 2 is 1.95 bits per heavy atom. The average molecular weight is 514 g/mol. The van der Waals surface area contributed by atoms with Gasteiger partial charge in [0.2, 0.25) is 5.88 Å². The van der Waals surface area contributed by atoms with Gasteiger partial charge in [-0.1, -0.05) is 6.07 Å². The minimum Gasteiger partial charge on any atom is -0.475 e. The van der Waals surface area contributed by atoms with Gasteiger partial charge in [-0.05, 0) is 66.3 Å². The molecule has 1 aliphatic rings. The summed E-state index contributed by atoms with van der Waals surface area (Å²) in [6.45, 7) is 7.03. The zero-order chi connectivity index (χ0) is 26.4. The van der Waals surface area contributed by atoms with Crippen LogP contribution in [0.1, 0.15) is 35.5 Å². The quantitative estimate of drug-likeness (QED) is 0.420. The number of anilines is 2. The lowest BCUT2D eigenvalue weighted by molar-refractivity contribution is -0.138. The van der Waals surface area contributed by atoms with Crippen LogP contribution in [0.2, 0.25) is 0 Å². The highest BCUT2D eigenvalue weighted by Crippen LogP contribution is 2.32. The van der Waals surface area contributed by atoms with Crippen LogP contribution in [0.3, 0.4) is 0 Å². The highest BCUT2D eigenvalue weighted by atomic mass is 19.3. The number of aryl methyl sites for hydroxylation is 1. The summed E-state index contributed by atoms with van der Waals surface area (Å²) in [6.07, 6.45) is 1.30. The number of carbonyl (C=O) groups excluding carboxylic acids is 1. The third kappa shape index (κ3) is 6.75. The van der Waals surface area contributed by atoms with Crippen molar-refractivity contribution in [2.75, 3.05) is 49.7 Å². The van der Waals surface area contributed by atoms with Crippen molar-refractivity contribution in [3.05, 3.63) is 59.4 Å². The topological polar surface area (TPSA) is 98.7 Å². The Bertz CT molecular complexity index is 1250. The molecule has 11 heteroatoms. The smallest absolute Gasteiger partial charge is 0.276 e. The van der Waals surface area contributed by atoms with E-state index in [1.807, 2.05) is 25.1 Å². The van der Waals surface area contributed by atoms with Crippen molar-refractivity contribution in [2.45, 2.75) is 26.4 Å². The first kappa shape index (κ1) is 26.4. The Balaban J connectivity index is 1.63. The predicted molar refractivity (Wildman–Crippen MR) is 134 cm³/mol. The lowest BCUT2D eigenvalue weighted by atomic mass is 10.00. The van der Waals surface area contributed by atoms with Gasteiger partial charge >= 0.3 is 0 Å². The summed E-state index contributed by atoms with van der Waals surface area (Å²) < 4.78 is 37.5. The van der Waals surface area contributed by atoms with Gasteiger partial charge in [-0.15, -0.1) is 5.10 Å². The maximum absolute atomic E-state index is 14.3. The minimum atomic E-state index is -1.66. The van der Waals surface area contributed by atoms with Gasteiger partial charge in [0.1, 0.15) is 24.7 Å². The molecule has 1 aliphatic heterocycles. The van der Waals surface area contributed by atoms with E-state index in [0.29, 0.717) is 43.7 Å². The first-order chi connectivity index (χ1) is 17.7. The molecule has 0 saturated carbocycles. The minimum absolute atomic E-state index is 0.000366. The maximum atomic E-state index is 14.3. The molecular formula is C26H29F2N5O4. The lowest BCUT2D eigenvalue weighted by Gasteiger charge is -2.28. The number of hydrogen-bond donors (Lipinski definition) is 1. The molecule has 9 nitrogen and oxygen atoms in total. The number of amides is 1. The van der Waals surface area contributed by atoms with E-state index in [-0.39, 0.29) is 24.5 Å². The molecule has 0 atom stereocenters. The van der Waals surface area contributed by atoms with Crippen LogP contribution in [0.4, 0.5) is 20.4 Å². The number of nitrogens with zero attached hydrogens (tertiary/aromatic N) is 4. The summed E-state index contributed by atoms with van der Waals surface area (Å²) in [7, 11) is 0. The summed E-state index contributed by atoms with van der Waals surface area (Å²) in [6, 6.07) is 10.6. The third-order valence-electron chi connectivity index (χ3n) is 5.91. The van der Waals surface area contributed by atoms with Crippen molar-refractivity contribution >= 4 is 17.4 Å². The van der Waals surface area contributed by atoms with Gasteiger partial charge in [-0.2, -0.15) is 15.0 Å². The molecule has 1 fully saturated rings. The number of benzene rings is 1. The van der Waals surface area contributed by atoms with E-state index in [1.165, 1.54) is 26.1 Å². The molecule has 3 aromatic rings. The molecule has 4 rings (SSSR count). The number of rotatable bonds is 9. The van der Waals surface area contributed by atoms with E-state index in [1.54, 1.807) is 12.1 Å². The van der Waals surface area contributed by atoms with E-state index in [0.717, 1.165) is 16.7 Å². The van der Waals surface area contributed by atoms with Crippen LogP contribution in [0, 0.1) is 6.92 Å². The van der Waals surface area contributed by atoms with Crippen LogP contribution in [0.15, 0.2) is 42.6 Å². The third-order valence-corrected chi connectivity index (χ3v) is 5.91. The number of carbonyl (C=O) groups is 1. The molecule has 196 valence electrons. The highest BCUT2D eigenvalue weighted by Gasteiger charge is 2.22. The summed E-state index contributed by atoms with van der Waals surface area (Å²) >= 11 is 0. The van der Waals surface area contributed by atoms with Crippen molar-refractivity contribution in [3.8, 4) is 17.0 Å². The molecule has 0 bridgehead atoms. The molecule has 37 heavy (non-hydrogen) atoms. The maximum Gasteiger partial charge on any atom is 0.276 e. The average Bonchev–Trinajstić information content (AvgIpc) is 2.90. The molecule has 0 aliphatic carbocycles. The predicted octanol–water partition coefficient (Wildman–Crippen LogP) is 4.42. The van der Waals surface area contributed by atoms with E-state index < -0.39 is 11.6 Å². The molecule has 1 amide bonds. The number of ether oxygens (including phenoxy) is 2. The highest BCUT2D eigenvalue weighted by molar-refractivity contribution is 6.03. The van der Waals surface area contributed by atoms with E-state index in [2.05, 4.69) is 30.3 Å². The molecular weight excluding hydrogens is 484 g/mol. The van der Waals surface area contributed by atoms with Crippen LogP contribution in [0.25, 0.3) is 11.1 Å². The van der Waals surface area contributed by atoms with Crippen LogP contribution in [-0.4, -0.2) is 60.6 Å². The van der Waals surface area contributed by atoms with Gasteiger partial charge in [0.15, 0.2) is 5.69 Å². The Kier molecular flexibility index (Phi) is 8.24. The monoisotopic (exact) mass is 513 g/mol. The molecule has 0 radical (unpaired) electrons. The van der Waals surface area contributed by atoms with Gasteiger partial charge in [-0.3, -0.25) is 4.79 Å². The summed E-state index contributed by atoms with van der Waals surface area (Å²) in [4.78, 5) is 23.1. The second kappa shape index (κ2) is 11.6. The standard InChI is InChI=1S/C26H29F2N5O4/c1-17-4-5-20(30-25(34)22-14-19(16-29-32-22)26(2,3)27)15-21(17)18-12-23(33-6-8-35-9-7-33)31-24(13-18)36-10-11-37-28/h4-5,12-16H,6-11H2,1-3H3,(H,30,34). The van der Waals surface area contributed by atoms with Crippen molar-refractivity contribution < 1.29 is 28.1 Å². The van der Waals surface area contributed by atoms with Gasteiger partial charge < -0.3 is 19.7 Å². The van der Waals surface area contributed by atoms with E-state index in [9.17, 15) is 13.7 Å². The van der Waals surface area contributed by atoms with Gasteiger partial charge in [0, 0.05) is 30.4 Å². The summed E-state index contributed by atoms with van der Waals surface area (Å²) in [5, 5.41) is 10.4. The number of pyridine rings is 1. The van der Waals surface area contributed by atoms with Crippen LogP contribution in [0.5, 0.6) is 5.88 Å². The number of alkyl halides is 1. The fourth-order valence-corrected chi connectivity index (χ4v) is 3.86. The molecule has 1 N–H and O–H groups in total. The number of hydrogen-bond acceptors (Lipinski definition) is 8. The fourth-order valence-electron chi connectivity index (χ4n) is 3.86. The first-order valence-electron chi connectivity index (χ1n) is 11.9. The number of morpholine rings is 1. The van der Waals surface area contributed by atoms with Crippen LogP contribution >= 0.6 is 0 Å². The molecule has 1 saturated heterocycles. The van der Waals surface area contributed by atoms with Gasteiger partial charge in [0.05, 0.1) is 19.4 Å². The van der Waals surface area contributed by atoms with Crippen molar-refractivity contribution in [1.29, 1.82) is 0 Å². The SMILES string of the molecule is Cc1ccc(NC(=O)c2cc(C(C)(C)F)cnn2)cc1-c1cc(OCCOF)nc(N2CCOCC2)c1. The van der Waals surface area contributed by atoms with Gasteiger partial charge in [0.25, 0.3) is 5.91 Å². The van der Waals surface area contributed by atoms with E-state index in [4.69, 9.17) is 9.47 Å². The van der Waals surface area contributed by atoms with Crippen LogP contribution in [-0.2, 0) is 15.3 Å². The Labute approximate surface area is 213 Å². The van der Waals surface area contributed by atoms with Gasteiger partial charge in [-0.25, -0.2) is 4.39 Å². The second-order valence-corrected chi connectivity index (χ2v) is 9.10. The van der Waals surface area contributed by atoms with Crippen molar-refractivity contribution in [1.82, 2.24) is 15.2 Å². The molecule has 1 aromatic carbocycles. The first-order valence-corrected chi connectivity index (χ1v) is 11.9. The number of aromatic nitrogens is 3. The Morgan fingerprint density at radius 1 is 1.16 bits per heavy atom. The van der Waals surface area contributed by atoms with Crippen molar-refractivity contribution in [2.24, 2.45) is 0 Å². The molecule has 0 spiro atoms.